The van der Waals surface area contributed by atoms with Crippen molar-refractivity contribution < 1.29 is 21.9 Å². The minimum Gasteiger partial charge on any atom is -0.293 e. The summed E-state index contributed by atoms with van der Waals surface area (Å²) in [5.74, 6) is 0.713. The maximum Gasteiger partial charge on any atom is 2.00 e. The smallest absolute Gasteiger partial charge is 0.293 e. The van der Waals surface area contributed by atoms with Crippen LogP contribution < -0.4 is 0 Å². The van der Waals surface area contributed by atoms with Gasteiger partial charge in [-0.1, -0.05) is 23.7 Å². The Kier molecular flexibility index (Phi) is 8.52. The number of halogens is 1. The van der Waals surface area contributed by atoms with E-state index < -0.39 is 0 Å². The second-order valence-corrected chi connectivity index (χ2v) is 4.41. The number of benzene rings is 1. The molecular formula is C17H13ClFeO+2. The van der Waals surface area contributed by atoms with Gasteiger partial charge in [-0.15, -0.1) is 0 Å². The minimum atomic E-state index is 0. The minimum absolute atomic E-state index is 0. The third-order valence-electron chi connectivity index (χ3n) is 2.57. The van der Waals surface area contributed by atoms with Crippen LogP contribution in [0.25, 0.3) is 0 Å². The van der Waals surface area contributed by atoms with Gasteiger partial charge in [-0.25, -0.2) is 0 Å². The number of ketones is 1. The fourth-order valence-corrected chi connectivity index (χ4v) is 1.83. The molecule has 0 spiro atoms. The van der Waals surface area contributed by atoms with Crippen molar-refractivity contribution in [3.8, 4) is 0 Å². The molecule has 0 amide bonds. The van der Waals surface area contributed by atoms with Crippen LogP contribution in [0.15, 0.2) is 24.3 Å². The van der Waals surface area contributed by atoms with Gasteiger partial charge in [0.25, 0.3) is 0 Å². The van der Waals surface area contributed by atoms with E-state index in [2.05, 4.69) is 0 Å². The van der Waals surface area contributed by atoms with E-state index in [1.807, 2.05) is 44.9 Å². The molecule has 100 valence electrons. The molecule has 0 bridgehead atoms. The second-order valence-electron chi connectivity index (χ2n) is 3.98. The van der Waals surface area contributed by atoms with E-state index in [1.54, 1.807) is 37.1 Å². The summed E-state index contributed by atoms with van der Waals surface area (Å²) < 4.78 is 0. The van der Waals surface area contributed by atoms with E-state index in [9.17, 15) is 4.79 Å². The number of hydrogen-bond acceptors (Lipinski definition) is 1. The number of rotatable bonds is 2. The molecule has 0 unspecified atom stereocenters. The van der Waals surface area contributed by atoms with Gasteiger partial charge >= 0.3 is 17.1 Å². The Morgan fingerprint density at radius 2 is 1.40 bits per heavy atom. The molecule has 0 aliphatic heterocycles. The van der Waals surface area contributed by atoms with Crippen LogP contribution in [0.1, 0.15) is 10.4 Å². The Morgan fingerprint density at radius 1 is 0.850 bits per heavy atom. The summed E-state index contributed by atoms with van der Waals surface area (Å²) in [5, 5.41) is 0.586. The van der Waals surface area contributed by atoms with E-state index in [4.69, 9.17) is 11.6 Å². The predicted molar refractivity (Wildman–Crippen MR) is 77.7 cm³/mol. The first-order valence-electron chi connectivity index (χ1n) is 5.96. The summed E-state index contributed by atoms with van der Waals surface area (Å²) in [6.45, 7) is 0. The van der Waals surface area contributed by atoms with Gasteiger partial charge in [0.15, 0.2) is 5.78 Å². The Bertz CT molecular complexity index is 402. The molecule has 2 saturated carbocycles. The van der Waals surface area contributed by atoms with Crippen molar-refractivity contribution in [2.24, 2.45) is 0 Å². The first kappa shape index (κ1) is 17.8. The van der Waals surface area contributed by atoms with Crippen molar-refractivity contribution in [3.63, 3.8) is 0 Å². The van der Waals surface area contributed by atoms with Crippen molar-refractivity contribution in [2.75, 3.05) is 0 Å². The van der Waals surface area contributed by atoms with E-state index >= 15 is 0 Å². The molecule has 3 rings (SSSR count). The van der Waals surface area contributed by atoms with Gasteiger partial charge < -0.3 is 0 Å². The standard InChI is InChI=1S/C12H8ClO.C5H5.Fe/c13-11-7-3-6-10(8-11)12(14)9-4-1-2-5-9;1-2-4-5-3-1;/h1-8H;1-5H;/q;;+2. The number of Topliss-reactive ketones (excluding diaryl/α,β-unsaturated/α-hetero) is 1. The van der Waals surface area contributed by atoms with Crippen molar-refractivity contribution in [2.45, 2.75) is 0 Å². The van der Waals surface area contributed by atoms with Gasteiger partial charge in [-0.3, -0.25) is 4.79 Å². The fraction of sp³-hybridized carbons (Fsp3) is 0. The molecule has 0 N–H and O–H groups in total. The van der Waals surface area contributed by atoms with Crippen molar-refractivity contribution in [1.82, 2.24) is 0 Å². The topological polar surface area (TPSA) is 17.1 Å². The average Bonchev–Trinajstić information content (AvgIpc) is 3.13. The third kappa shape index (κ3) is 5.60. The molecule has 1 aromatic rings. The quantitative estimate of drug-likeness (QED) is 0.595. The van der Waals surface area contributed by atoms with Gasteiger partial charge in [-0.05, 0) is 69.9 Å². The van der Waals surface area contributed by atoms with Crippen LogP contribution in [-0.4, -0.2) is 5.78 Å². The summed E-state index contributed by atoms with van der Waals surface area (Å²) in [7, 11) is 0. The molecule has 0 heterocycles. The van der Waals surface area contributed by atoms with Gasteiger partial charge in [-0.2, -0.15) is 0 Å². The van der Waals surface area contributed by atoms with Gasteiger partial charge in [0, 0.05) is 10.6 Å². The largest absolute Gasteiger partial charge is 2.00 e. The van der Waals surface area contributed by atoms with Gasteiger partial charge in [0.1, 0.15) is 0 Å². The molecule has 2 fully saturated rings. The molecule has 0 saturated heterocycles. The maximum absolute atomic E-state index is 11.8. The Hall–Kier alpha value is -0.301. The van der Waals surface area contributed by atoms with Crippen LogP contribution in [0.3, 0.4) is 0 Å². The van der Waals surface area contributed by atoms with Crippen LogP contribution in [0.5, 0.6) is 0 Å². The molecule has 0 atom stereocenters. The SMILES string of the molecule is O=C([C]1[CH][CH][CH][CH]1)c1cccc(Cl)c1.[CH]1[CH][CH][CH][CH]1.[Fe+2]. The first-order chi connectivity index (χ1) is 9.27. The molecule has 2 aliphatic carbocycles. The van der Waals surface area contributed by atoms with E-state index in [1.165, 1.54) is 0 Å². The maximum atomic E-state index is 11.8. The van der Waals surface area contributed by atoms with Crippen molar-refractivity contribution in [1.29, 1.82) is 0 Å². The summed E-state index contributed by atoms with van der Waals surface area (Å²) in [4.78, 5) is 11.8. The summed E-state index contributed by atoms with van der Waals surface area (Å²) in [6, 6.07) is 6.97. The molecule has 10 radical (unpaired) electrons. The molecule has 2 aliphatic rings. The van der Waals surface area contributed by atoms with E-state index in [0.717, 1.165) is 0 Å². The molecule has 1 aromatic carbocycles. The molecule has 20 heavy (non-hydrogen) atoms. The monoisotopic (exact) mass is 324 g/mol. The Balaban J connectivity index is 0.000000283. The van der Waals surface area contributed by atoms with Crippen LogP contribution >= 0.6 is 11.6 Å². The molecule has 1 nitrogen and oxygen atoms in total. The van der Waals surface area contributed by atoms with Crippen molar-refractivity contribution in [3.05, 3.63) is 98.6 Å². The second kappa shape index (κ2) is 9.60. The van der Waals surface area contributed by atoms with Gasteiger partial charge in [0.2, 0.25) is 0 Å². The predicted octanol–water partition coefficient (Wildman–Crippen LogP) is 3.95. The Morgan fingerprint density at radius 3 is 1.90 bits per heavy atom. The number of hydrogen-bond donors (Lipinski definition) is 0. The number of carbonyl (C=O) groups excluding carboxylic acids is 1. The summed E-state index contributed by atoms with van der Waals surface area (Å²) >= 11 is 5.80. The zero-order valence-corrected chi connectivity index (χ0v) is 12.5. The fourth-order valence-electron chi connectivity index (χ4n) is 1.64. The van der Waals surface area contributed by atoms with Crippen LogP contribution in [-0.2, 0) is 17.1 Å². The zero-order valence-electron chi connectivity index (χ0n) is 10.6. The van der Waals surface area contributed by atoms with Crippen LogP contribution in [0.4, 0.5) is 0 Å². The van der Waals surface area contributed by atoms with E-state index in [-0.39, 0.29) is 22.9 Å². The summed E-state index contributed by atoms with van der Waals surface area (Å²) in [5.41, 5.74) is 0.628. The zero-order chi connectivity index (χ0) is 13.5. The Labute approximate surface area is 138 Å². The first-order valence-corrected chi connectivity index (χ1v) is 6.34. The summed E-state index contributed by atoms with van der Waals surface area (Å²) in [6.07, 6.45) is 17.3. The van der Waals surface area contributed by atoms with Crippen LogP contribution in [0, 0.1) is 63.7 Å². The van der Waals surface area contributed by atoms with E-state index in [0.29, 0.717) is 16.5 Å². The van der Waals surface area contributed by atoms with Gasteiger partial charge in [0.05, 0.1) is 5.92 Å². The number of carbonyl (C=O) groups is 1. The van der Waals surface area contributed by atoms with Crippen LogP contribution in [0.2, 0.25) is 5.02 Å². The molecule has 0 aromatic heterocycles. The molecular weight excluding hydrogens is 311 g/mol. The third-order valence-corrected chi connectivity index (χ3v) is 2.80. The molecule has 3 heteroatoms. The normalized spacial score (nSPS) is 18.1. The van der Waals surface area contributed by atoms with Crippen molar-refractivity contribution >= 4 is 17.4 Å². The average molecular weight is 325 g/mol.